The van der Waals surface area contributed by atoms with E-state index in [9.17, 15) is 10.1 Å². The highest BCUT2D eigenvalue weighted by Crippen LogP contribution is 2.28. The number of hydrogen-bond donors (Lipinski definition) is 3. The van der Waals surface area contributed by atoms with Gasteiger partial charge in [0.05, 0.1) is 10.6 Å². The van der Waals surface area contributed by atoms with Crippen LogP contribution in [0.15, 0.2) is 6.33 Å². The number of aromatic nitrogens is 4. The molecule has 0 saturated carbocycles. The lowest BCUT2D eigenvalue weighted by atomic mass is 10.2. The number of aryl methyl sites for hydroxylation is 2. The maximum absolute atomic E-state index is 11.1. The average molecular weight is 292 g/mol. The van der Waals surface area contributed by atoms with Crippen LogP contribution in [0.3, 0.4) is 0 Å². The third-order valence-corrected chi connectivity index (χ3v) is 3.23. The predicted octanol–water partition coefficient (Wildman–Crippen LogP) is 0.633. The van der Waals surface area contributed by atoms with Crippen LogP contribution in [0.5, 0.6) is 0 Å². The maximum Gasteiger partial charge on any atom is 0.354 e. The highest BCUT2D eigenvalue weighted by atomic mass is 16.6. The minimum absolute atomic E-state index is 0.0443. The summed E-state index contributed by atoms with van der Waals surface area (Å²) >= 11 is 0. The molecule has 2 heterocycles. The molecule has 0 bridgehead atoms. The summed E-state index contributed by atoms with van der Waals surface area (Å²) in [6.07, 6.45) is 1.20. The molecule has 0 aliphatic rings. The third-order valence-electron chi connectivity index (χ3n) is 3.23. The summed E-state index contributed by atoms with van der Waals surface area (Å²) in [6.45, 7) is 4.18. The summed E-state index contributed by atoms with van der Waals surface area (Å²) in [4.78, 5) is 18.2. The topological polar surface area (TPSA) is 137 Å². The molecular formula is C11H16N8O2. The van der Waals surface area contributed by atoms with E-state index in [1.807, 2.05) is 20.9 Å². The van der Waals surface area contributed by atoms with E-state index in [-0.39, 0.29) is 17.3 Å². The largest absolute Gasteiger partial charge is 0.360 e. The number of nitrogen functional groups attached to an aromatic ring is 1. The van der Waals surface area contributed by atoms with Gasteiger partial charge in [-0.1, -0.05) is 0 Å². The molecule has 0 fully saturated rings. The molecule has 10 heteroatoms. The number of hydrazine groups is 1. The van der Waals surface area contributed by atoms with Crippen molar-refractivity contribution in [2.75, 3.05) is 10.7 Å². The molecule has 0 aliphatic heterocycles. The second-order valence-electron chi connectivity index (χ2n) is 4.45. The Balaban J connectivity index is 2.30. The van der Waals surface area contributed by atoms with Crippen LogP contribution >= 0.6 is 0 Å². The van der Waals surface area contributed by atoms with Gasteiger partial charge in [-0.05, 0) is 13.8 Å². The molecule has 0 aromatic carbocycles. The van der Waals surface area contributed by atoms with Gasteiger partial charge >= 0.3 is 5.69 Å². The predicted molar refractivity (Wildman–Crippen MR) is 76.5 cm³/mol. The normalized spacial score (nSPS) is 10.5. The molecular weight excluding hydrogens is 276 g/mol. The Morgan fingerprint density at radius 1 is 1.38 bits per heavy atom. The van der Waals surface area contributed by atoms with Gasteiger partial charge in [0.1, 0.15) is 6.33 Å². The van der Waals surface area contributed by atoms with Crippen molar-refractivity contribution in [2.45, 2.75) is 20.4 Å². The third kappa shape index (κ3) is 2.74. The van der Waals surface area contributed by atoms with Crippen molar-refractivity contribution in [3.63, 3.8) is 0 Å². The fraction of sp³-hybridized carbons (Fsp3) is 0.364. The lowest BCUT2D eigenvalue weighted by molar-refractivity contribution is -0.383. The van der Waals surface area contributed by atoms with Crippen LogP contribution in [0.2, 0.25) is 0 Å². The molecule has 0 aliphatic carbocycles. The van der Waals surface area contributed by atoms with Gasteiger partial charge in [0.2, 0.25) is 11.6 Å². The Morgan fingerprint density at radius 2 is 2.05 bits per heavy atom. The molecule has 0 atom stereocenters. The van der Waals surface area contributed by atoms with Crippen molar-refractivity contribution in [1.82, 2.24) is 19.7 Å². The van der Waals surface area contributed by atoms with Crippen LogP contribution in [-0.4, -0.2) is 24.7 Å². The highest BCUT2D eigenvalue weighted by Gasteiger charge is 2.22. The van der Waals surface area contributed by atoms with Crippen molar-refractivity contribution in [3.8, 4) is 0 Å². The first-order chi connectivity index (χ1) is 9.95. The zero-order chi connectivity index (χ0) is 15.6. The minimum atomic E-state index is -0.583. The lowest BCUT2D eigenvalue weighted by Gasteiger charge is -2.08. The van der Waals surface area contributed by atoms with Crippen molar-refractivity contribution in [2.24, 2.45) is 12.9 Å². The number of anilines is 2. The molecule has 0 spiro atoms. The summed E-state index contributed by atoms with van der Waals surface area (Å²) in [5.41, 5.74) is 4.70. The molecule has 0 radical (unpaired) electrons. The van der Waals surface area contributed by atoms with Gasteiger partial charge in [0.25, 0.3) is 0 Å². The Hall–Kier alpha value is -2.75. The number of nitrogens with zero attached hydrogens (tertiary/aromatic N) is 5. The number of hydrogen-bond acceptors (Lipinski definition) is 8. The monoisotopic (exact) mass is 292 g/mol. The SMILES string of the molecule is Cc1nn(C)c(C)c1CNc1ncnc(NN)c1[N+](=O)[O-]. The van der Waals surface area contributed by atoms with Crippen LogP contribution in [-0.2, 0) is 13.6 Å². The van der Waals surface area contributed by atoms with Gasteiger partial charge < -0.3 is 10.7 Å². The van der Waals surface area contributed by atoms with Gasteiger partial charge in [-0.15, -0.1) is 0 Å². The van der Waals surface area contributed by atoms with E-state index in [0.717, 1.165) is 17.0 Å². The molecule has 2 aromatic rings. The summed E-state index contributed by atoms with van der Waals surface area (Å²) < 4.78 is 1.76. The van der Waals surface area contributed by atoms with Gasteiger partial charge in [0, 0.05) is 24.8 Å². The number of nitrogens with two attached hydrogens (primary N) is 1. The Kier molecular flexibility index (Phi) is 3.98. The van der Waals surface area contributed by atoms with E-state index in [1.54, 1.807) is 4.68 Å². The Bertz CT molecular complexity index is 681. The Morgan fingerprint density at radius 3 is 2.57 bits per heavy atom. The molecule has 10 nitrogen and oxygen atoms in total. The van der Waals surface area contributed by atoms with Gasteiger partial charge in [0.15, 0.2) is 0 Å². The fourth-order valence-electron chi connectivity index (χ4n) is 2.03. The standard InChI is InChI=1S/C11H16N8O2/c1-6-8(7(2)18(3)17-6)4-13-10-9(19(20)21)11(16-12)15-5-14-10/h5H,4,12H2,1-3H3,(H2,13,14,15,16). The maximum atomic E-state index is 11.1. The van der Waals surface area contributed by atoms with E-state index in [4.69, 9.17) is 5.84 Å². The van der Waals surface area contributed by atoms with Gasteiger partial charge in [-0.3, -0.25) is 14.8 Å². The molecule has 2 aromatic heterocycles. The zero-order valence-electron chi connectivity index (χ0n) is 11.9. The van der Waals surface area contributed by atoms with E-state index in [0.29, 0.717) is 6.54 Å². The average Bonchev–Trinajstić information content (AvgIpc) is 2.69. The van der Waals surface area contributed by atoms with Crippen LogP contribution in [0.4, 0.5) is 17.3 Å². The number of rotatable bonds is 5. The first-order valence-electron chi connectivity index (χ1n) is 6.14. The van der Waals surface area contributed by atoms with E-state index in [1.165, 1.54) is 6.33 Å². The Labute approximate surface area is 120 Å². The molecule has 4 N–H and O–H groups in total. The van der Waals surface area contributed by atoms with Crippen molar-refractivity contribution >= 4 is 17.3 Å². The zero-order valence-corrected chi connectivity index (χ0v) is 11.9. The highest BCUT2D eigenvalue weighted by molar-refractivity contribution is 5.68. The number of nitro groups is 1. The second kappa shape index (κ2) is 5.71. The van der Waals surface area contributed by atoms with Crippen LogP contribution in [0, 0.1) is 24.0 Å². The minimum Gasteiger partial charge on any atom is -0.360 e. The molecule has 0 saturated heterocycles. The first-order valence-corrected chi connectivity index (χ1v) is 6.14. The van der Waals surface area contributed by atoms with Crippen molar-refractivity contribution < 1.29 is 4.92 Å². The van der Waals surface area contributed by atoms with Crippen LogP contribution in [0.25, 0.3) is 0 Å². The van der Waals surface area contributed by atoms with Crippen molar-refractivity contribution in [1.29, 1.82) is 0 Å². The molecule has 21 heavy (non-hydrogen) atoms. The van der Waals surface area contributed by atoms with E-state index in [2.05, 4.69) is 25.8 Å². The summed E-state index contributed by atoms with van der Waals surface area (Å²) in [5, 5.41) is 18.4. The van der Waals surface area contributed by atoms with Crippen LogP contribution in [0.1, 0.15) is 17.0 Å². The smallest absolute Gasteiger partial charge is 0.354 e. The first kappa shape index (κ1) is 14.7. The molecule has 0 amide bonds. The summed E-state index contributed by atoms with van der Waals surface area (Å²) in [6, 6.07) is 0. The van der Waals surface area contributed by atoms with Gasteiger partial charge in [-0.25, -0.2) is 15.8 Å². The van der Waals surface area contributed by atoms with Crippen LogP contribution < -0.4 is 16.6 Å². The lowest BCUT2D eigenvalue weighted by Crippen LogP contribution is -2.14. The van der Waals surface area contributed by atoms with Gasteiger partial charge in [-0.2, -0.15) is 5.10 Å². The summed E-state index contributed by atoms with van der Waals surface area (Å²) in [5.74, 6) is 5.29. The summed E-state index contributed by atoms with van der Waals surface area (Å²) in [7, 11) is 1.84. The van der Waals surface area contributed by atoms with E-state index >= 15 is 0 Å². The molecule has 0 unspecified atom stereocenters. The molecule has 112 valence electrons. The number of nitrogens with one attached hydrogen (secondary N) is 2. The van der Waals surface area contributed by atoms with Crippen molar-refractivity contribution in [3.05, 3.63) is 33.4 Å². The van der Waals surface area contributed by atoms with E-state index < -0.39 is 4.92 Å². The second-order valence-corrected chi connectivity index (χ2v) is 4.45. The quantitative estimate of drug-likeness (QED) is 0.414. The fourth-order valence-corrected chi connectivity index (χ4v) is 2.03. The molecule has 2 rings (SSSR count).